The summed E-state index contributed by atoms with van der Waals surface area (Å²) in [5.74, 6) is -1.27. The number of pyridine rings is 1. The molecule has 35 heavy (non-hydrogen) atoms. The molecule has 0 fully saturated rings. The van der Waals surface area contributed by atoms with E-state index in [1.807, 2.05) is 56.4 Å². The van der Waals surface area contributed by atoms with Crippen molar-refractivity contribution < 1.29 is 14.4 Å². The Labute approximate surface area is 202 Å². The number of para-hydroxylation sites is 1. The number of nitrogens with zero attached hydrogens (tertiary/aromatic N) is 3. The SMILES string of the molecule is Cc1c(C2c3ccccc3C(=O)N2C(C)C(=O)NNC(=O)c2ccccn2)c2ccccc2n1C. The van der Waals surface area contributed by atoms with Crippen LogP contribution in [0, 0.1) is 6.92 Å². The lowest BCUT2D eigenvalue weighted by atomic mass is 9.95. The van der Waals surface area contributed by atoms with Crippen molar-refractivity contribution in [3.8, 4) is 0 Å². The van der Waals surface area contributed by atoms with E-state index >= 15 is 0 Å². The van der Waals surface area contributed by atoms with Gasteiger partial charge in [-0.25, -0.2) is 0 Å². The number of hydrazine groups is 1. The summed E-state index contributed by atoms with van der Waals surface area (Å²) in [6, 6.07) is 19.1. The maximum absolute atomic E-state index is 13.6. The average Bonchev–Trinajstić information content (AvgIpc) is 3.32. The van der Waals surface area contributed by atoms with Crippen molar-refractivity contribution in [3.05, 3.63) is 101 Å². The van der Waals surface area contributed by atoms with Crippen molar-refractivity contribution in [1.82, 2.24) is 25.3 Å². The van der Waals surface area contributed by atoms with Crippen molar-refractivity contribution in [2.24, 2.45) is 7.05 Å². The van der Waals surface area contributed by atoms with Crippen LogP contribution >= 0.6 is 0 Å². The molecule has 3 amide bonds. The second-order valence-electron chi connectivity index (χ2n) is 8.61. The predicted octanol–water partition coefficient (Wildman–Crippen LogP) is 3.28. The number of aromatic nitrogens is 2. The Balaban J connectivity index is 1.50. The molecule has 0 saturated carbocycles. The molecule has 0 aliphatic carbocycles. The van der Waals surface area contributed by atoms with Gasteiger partial charge in [-0.05, 0) is 43.7 Å². The van der Waals surface area contributed by atoms with Crippen LogP contribution in [0.3, 0.4) is 0 Å². The van der Waals surface area contributed by atoms with Crippen LogP contribution in [0.1, 0.15) is 50.6 Å². The molecule has 2 aromatic heterocycles. The van der Waals surface area contributed by atoms with Gasteiger partial charge in [-0.1, -0.05) is 42.5 Å². The van der Waals surface area contributed by atoms with Crippen LogP contribution in [0.2, 0.25) is 0 Å². The second kappa shape index (κ2) is 8.72. The van der Waals surface area contributed by atoms with Crippen LogP contribution in [0.15, 0.2) is 72.9 Å². The molecular formula is C27H25N5O3. The first-order chi connectivity index (χ1) is 16.9. The van der Waals surface area contributed by atoms with Gasteiger partial charge in [-0.2, -0.15) is 0 Å². The van der Waals surface area contributed by atoms with Crippen molar-refractivity contribution in [1.29, 1.82) is 0 Å². The van der Waals surface area contributed by atoms with Gasteiger partial charge in [-0.15, -0.1) is 0 Å². The molecule has 3 heterocycles. The minimum Gasteiger partial charge on any atom is -0.348 e. The molecule has 8 nitrogen and oxygen atoms in total. The standard InChI is InChI=1S/C27H25N5O3/c1-16-23(20-12-6-7-14-22(20)31(16)3)24-18-10-4-5-11-19(18)27(35)32(24)17(2)25(33)29-30-26(34)21-13-8-9-15-28-21/h4-15,17,24H,1-3H3,(H,29,33)(H,30,34). The first-order valence-electron chi connectivity index (χ1n) is 11.4. The Morgan fingerprint density at radius 2 is 1.69 bits per heavy atom. The summed E-state index contributed by atoms with van der Waals surface area (Å²) in [7, 11) is 2.00. The summed E-state index contributed by atoms with van der Waals surface area (Å²) in [4.78, 5) is 44.7. The number of fused-ring (bicyclic) bond motifs is 2. The van der Waals surface area contributed by atoms with Crippen LogP contribution < -0.4 is 10.9 Å². The van der Waals surface area contributed by atoms with Gasteiger partial charge in [0.05, 0.1) is 6.04 Å². The molecule has 1 aliphatic heterocycles. The molecule has 0 saturated heterocycles. The number of rotatable bonds is 4. The lowest BCUT2D eigenvalue weighted by molar-refractivity contribution is -0.126. The van der Waals surface area contributed by atoms with Gasteiger partial charge >= 0.3 is 0 Å². The number of benzene rings is 2. The van der Waals surface area contributed by atoms with Crippen LogP contribution in [0.25, 0.3) is 10.9 Å². The molecule has 0 spiro atoms. The highest BCUT2D eigenvalue weighted by molar-refractivity contribution is 6.03. The first kappa shape index (κ1) is 22.3. The zero-order chi connectivity index (χ0) is 24.7. The van der Waals surface area contributed by atoms with E-state index in [1.165, 1.54) is 6.20 Å². The third-order valence-corrected chi connectivity index (χ3v) is 6.71. The number of carbonyl (C=O) groups is 3. The maximum atomic E-state index is 13.6. The number of carbonyl (C=O) groups excluding carboxylic acids is 3. The Hall–Kier alpha value is -4.46. The van der Waals surface area contributed by atoms with Crippen molar-refractivity contribution >= 4 is 28.6 Å². The van der Waals surface area contributed by atoms with Gasteiger partial charge in [0.1, 0.15) is 11.7 Å². The Bertz CT molecular complexity index is 1460. The third-order valence-electron chi connectivity index (χ3n) is 6.71. The van der Waals surface area contributed by atoms with Gasteiger partial charge in [0, 0.05) is 41.0 Å². The predicted molar refractivity (Wildman–Crippen MR) is 131 cm³/mol. The molecule has 2 unspecified atom stereocenters. The quantitative estimate of drug-likeness (QED) is 0.450. The smallest absolute Gasteiger partial charge is 0.288 e. The molecule has 8 heteroatoms. The van der Waals surface area contributed by atoms with Crippen LogP contribution in [0.5, 0.6) is 0 Å². The van der Waals surface area contributed by atoms with E-state index in [9.17, 15) is 14.4 Å². The first-order valence-corrected chi connectivity index (χ1v) is 11.4. The summed E-state index contributed by atoms with van der Waals surface area (Å²) in [6.07, 6.45) is 1.50. The van der Waals surface area contributed by atoms with Gasteiger partial charge in [-0.3, -0.25) is 30.2 Å². The Morgan fingerprint density at radius 3 is 2.46 bits per heavy atom. The summed E-state index contributed by atoms with van der Waals surface area (Å²) in [6.45, 7) is 3.69. The molecular weight excluding hydrogens is 442 g/mol. The van der Waals surface area contributed by atoms with Crippen LogP contribution in [-0.4, -0.2) is 38.2 Å². The molecule has 1 aliphatic rings. The van der Waals surface area contributed by atoms with Gasteiger partial charge in [0.2, 0.25) is 0 Å². The summed E-state index contributed by atoms with van der Waals surface area (Å²) in [5, 5.41) is 1.03. The zero-order valence-corrected chi connectivity index (χ0v) is 19.6. The minimum absolute atomic E-state index is 0.175. The van der Waals surface area contributed by atoms with E-state index in [1.54, 1.807) is 36.1 Å². The molecule has 2 atom stereocenters. The highest BCUT2D eigenvalue weighted by atomic mass is 16.2. The van der Waals surface area contributed by atoms with Gasteiger partial charge < -0.3 is 9.47 Å². The van der Waals surface area contributed by atoms with E-state index in [4.69, 9.17) is 0 Å². The van der Waals surface area contributed by atoms with Crippen molar-refractivity contribution in [3.63, 3.8) is 0 Å². The summed E-state index contributed by atoms with van der Waals surface area (Å²) >= 11 is 0. The van der Waals surface area contributed by atoms with Crippen LogP contribution in [-0.2, 0) is 11.8 Å². The van der Waals surface area contributed by atoms with E-state index in [2.05, 4.69) is 20.4 Å². The molecule has 176 valence electrons. The maximum Gasteiger partial charge on any atom is 0.288 e. The van der Waals surface area contributed by atoms with E-state index in [-0.39, 0.29) is 11.6 Å². The van der Waals surface area contributed by atoms with Gasteiger partial charge in [0.15, 0.2) is 0 Å². The molecule has 2 aromatic carbocycles. The average molecular weight is 468 g/mol. The lowest BCUT2D eigenvalue weighted by Gasteiger charge is -2.31. The Morgan fingerprint density at radius 1 is 0.971 bits per heavy atom. The number of aryl methyl sites for hydroxylation is 1. The van der Waals surface area contributed by atoms with Crippen LogP contribution in [0.4, 0.5) is 0 Å². The van der Waals surface area contributed by atoms with Crippen molar-refractivity contribution in [2.45, 2.75) is 25.9 Å². The molecule has 5 rings (SSSR count). The third kappa shape index (κ3) is 3.63. The minimum atomic E-state index is -0.859. The lowest BCUT2D eigenvalue weighted by Crippen LogP contribution is -2.52. The molecule has 2 N–H and O–H groups in total. The fourth-order valence-electron chi connectivity index (χ4n) is 4.84. The number of hydrogen-bond acceptors (Lipinski definition) is 4. The van der Waals surface area contributed by atoms with E-state index in [0.717, 1.165) is 27.7 Å². The second-order valence-corrected chi connectivity index (χ2v) is 8.61. The van der Waals surface area contributed by atoms with E-state index in [0.29, 0.717) is 5.56 Å². The topological polar surface area (TPSA) is 96.3 Å². The molecule has 0 bridgehead atoms. The van der Waals surface area contributed by atoms with E-state index < -0.39 is 23.9 Å². The number of hydrogen-bond donors (Lipinski definition) is 2. The summed E-state index contributed by atoms with van der Waals surface area (Å²) < 4.78 is 2.10. The normalized spacial score (nSPS) is 15.7. The highest BCUT2D eigenvalue weighted by Gasteiger charge is 2.44. The van der Waals surface area contributed by atoms with Crippen molar-refractivity contribution in [2.75, 3.05) is 0 Å². The number of amides is 3. The molecule has 4 aromatic rings. The fraction of sp³-hybridized carbons (Fsp3) is 0.185. The zero-order valence-electron chi connectivity index (χ0n) is 19.6. The largest absolute Gasteiger partial charge is 0.348 e. The monoisotopic (exact) mass is 467 g/mol. The number of nitrogens with one attached hydrogen (secondary N) is 2. The summed E-state index contributed by atoms with van der Waals surface area (Å²) in [5.41, 5.74) is 9.51. The highest BCUT2D eigenvalue weighted by Crippen LogP contribution is 2.44. The fourth-order valence-corrected chi connectivity index (χ4v) is 4.84. The molecule has 0 radical (unpaired) electrons. The Kier molecular flexibility index (Phi) is 5.56. The van der Waals surface area contributed by atoms with Gasteiger partial charge in [0.25, 0.3) is 17.7 Å².